The lowest BCUT2D eigenvalue weighted by Gasteiger charge is -2.35. The van der Waals surface area contributed by atoms with Gasteiger partial charge in [0.2, 0.25) is 0 Å². The second-order valence-electron chi connectivity index (χ2n) is 6.83. The molecule has 0 bridgehead atoms. The van der Waals surface area contributed by atoms with E-state index < -0.39 is 11.6 Å². The molecule has 0 amide bonds. The third kappa shape index (κ3) is 2.95. The van der Waals surface area contributed by atoms with E-state index in [0.29, 0.717) is 23.5 Å². The number of rotatable bonds is 2. The van der Waals surface area contributed by atoms with Crippen molar-refractivity contribution in [3.05, 3.63) is 82.7 Å². The maximum Gasteiger partial charge on any atom is 0.165 e. The van der Waals surface area contributed by atoms with Gasteiger partial charge in [0.25, 0.3) is 0 Å². The number of aromatic hydroxyl groups is 3. The van der Waals surface area contributed by atoms with Gasteiger partial charge in [0, 0.05) is 23.0 Å². The van der Waals surface area contributed by atoms with Gasteiger partial charge in [0.15, 0.2) is 11.6 Å². The minimum Gasteiger partial charge on any atom is -0.508 e. The molecule has 3 aromatic carbocycles. The third-order valence-corrected chi connectivity index (χ3v) is 5.20. The van der Waals surface area contributed by atoms with Crippen LogP contribution in [0.25, 0.3) is 0 Å². The predicted molar refractivity (Wildman–Crippen MR) is 99.1 cm³/mol. The van der Waals surface area contributed by atoms with E-state index in [1.54, 1.807) is 37.3 Å². The average Bonchev–Trinajstić information content (AvgIpc) is 2.67. The normalized spacial score (nSPS) is 18.6. The Morgan fingerprint density at radius 2 is 1.56 bits per heavy atom. The average molecular weight is 366 g/mol. The van der Waals surface area contributed by atoms with E-state index in [-0.39, 0.29) is 23.3 Å². The summed E-state index contributed by atoms with van der Waals surface area (Å²) in [4.78, 5) is 0. The molecule has 3 N–H and O–H groups in total. The standard InChI is InChI=1S/C22H19FO4/c1-12-19(25)9-7-16-21(14-4-8-20(26)18(23)10-14)17(11-27-22(12)16)13-2-5-15(24)6-3-13/h2-10,17,21,24-26H,11H2,1H3. The number of hydrogen-bond acceptors (Lipinski definition) is 4. The quantitative estimate of drug-likeness (QED) is 0.622. The van der Waals surface area contributed by atoms with Gasteiger partial charge >= 0.3 is 0 Å². The summed E-state index contributed by atoms with van der Waals surface area (Å²) in [6.07, 6.45) is 0. The van der Waals surface area contributed by atoms with Crippen LogP contribution in [0.5, 0.6) is 23.0 Å². The summed E-state index contributed by atoms with van der Waals surface area (Å²) in [7, 11) is 0. The van der Waals surface area contributed by atoms with E-state index in [1.807, 2.05) is 12.1 Å². The molecule has 0 aromatic heterocycles. The third-order valence-electron chi connectivity index (χ3n) is 5.20. The van der Waals surface area contributed by atoms with Crippen LogP contribution in [0.3, 0.4) is 0 Å². The van der Waals surface area contributed by atoms with Crippen molar-refractivity contribution in [2.24, 2.45) is 0 Å². The van der Waals surface area contributed by atoms with Gasteiger partial charge in [-0.05, 0) is 48.4 Å². The van der Waals surface area contributed by atoms with E-state index in [1.165, 1.54) is 12.1 Å². The molecule has 0 radical (unpaired) electrons. The largest absolute Gasteiger partial charge is 0.508 e. The van der Waals surface area contributed by atoms with E-state index in [0.717, 1.165) is 11.1 Å². The van der Waals surface area contributed by atoms with E-state index in [4.69, 9.17) is 4.74 Å². The molecule has 1 aliphatic heterocycles. The maximum atomic E-state index is 14.1. The molecule has 5 heteroatoms. The Bertz CT molecular complexity index is 998. The minimum absolute atomic E-state index is 0.119. The van der Waals surface area contributed by atoms with Crippen LogP contribution < -0.4 is 4.74 Å². The van der Waals surface area contributed by atoms with Crippen molar-refractivity contribution < 1.29 is 24.4 Å². The van der Waals surface area contributed by atoms with E-state index >= 15 is 0 Å². The number of halogens is 1. The molecule has 1 heterocycles. The first kappa shape index (κ1) is 17.2. The molecule has 2 unspecified atom stereocenters. The molecular weight excluding hydrogens is 347 g/mol. The monoisotopic (exact) mass is 366 g/mol. The SMILES string of the molecule is Cc1c(O)ccc2c1OCC(c1ccc(O)cc1)C2c1ccc(O)c(F)c1. The van der Waals surface area contributed by atoms with Gasteiger partial charge in [-0.3, -0.25) is 0 Å². The van der Waals surface area contributed by atoms with E-state index in [2.05, 4.69) is 0 Å². The fourth-order valence-corrected chi connectivity index (χ4v) is 3.76. The van der Waals surface area contributed by atoms with Gasteiger partial charge in [-0.25, -0.2) is 4.39 Å². The van der Waals surface area contributed by atoms with Crippen LogP contribution in [0.4, 0.5) is 4.39 Å². The molecule has 1 aliphatic rings. The second kappa shape index (κ2) is 6.50. The molecule has 27 heavy (non-hydrogen) atoms. The van der Waals surface area contributed by atoms with Crippen LogP contribution in [-0.2, 0) is 0 Å². The zero-order valence-electron chi connectivity index (χ0n) is 14.7. The Morgan fingerprint density at radius 1 is 0.889 bits per heavy atom. The summed E-state index contributed by atoms with van der Waals surface area (Å²) < 4.78 is 20.1. The highest BCUT2D eigenvalue weighted by molar-refractivity contribution is 5.55. The summed E-state index contributed by atoms with van der Waals surface area (Å²) in [5, 5.41) is 29.2. The molecule has 0 saturated heterocycles. The number of phenols is 3. The molecule has 4 nitrogen and oxygen atoms in total. The molecule has 4 rings (SSSR count). The van der Waals surface area contributed by atoms with Crippen LogP contribution >= 0.6 is 0 Å². The zero-order valence-corrected chi connectivity index (χ0v) is 14.7. The zero-order chi connectivity index (χ0) is 19.1. The Kier molecular flexibility index (Phi) is 4.15. The van der Waals surface area contributed by atoms with Gasteiger partial charge < -0.3 is 20.1 Å². The number of benzene rings is 3. The Hall–Kier alpha value is -3.21. The Labute approximate surface area is 156 Å². The van der Waals surface area contributed by atoms with Crippen molar-refractivity contribution in [3.8, 4) is 23.0 Å². The van der Waals surface area contributed by atoms with Gasteiger partial charge in [0.05, 0.1) is 6.61 Å². The Morgan fingerprint density at radius 3 is 2.26 bits per heavy atom. The van der Waals surface area contributed by atoms with Crippen LogP contribution in [0.15, 0.2) is 54.6 Å². The maximum absolute atomic E-state index is 14.1. The second-order valence-corrected chi connectivity index (χ2v) is 6.83. The van der Waals surface area contributed by atoms with Gasteiger partial charge in [-0.1, -0.05) is 24.3 Å². The van der Waals surface area contributed by atoms with Crippen LogP contribution in [0.1, 0.15) is 34.1 Å². The van der Waals surface area contributed by atoms with Crippen molar-refractivity contribution in [2.75, 3.05) is 6.61 Å². The van der Waals surface area contributed by atoms with Gasteiger partial charge in [0.1, 0.15) is 17.2 Å². The first-order valence-electron chi connectivity index (χ1n) is 8.68. The van der Waals surface area contributed by atoms with Crippen LogP contribution in [0.2, 0.25) is 0 Å². The van der Waals surface area contributed by atoms with Crippen molar-refractivity contribution in [1.29, 1.82) is 0 Å². The minimum atomic E-state index is -0.680. The smallest absolute Gasteiger partial charge is 0.165 e. The highest BCUT2D eigenvalue weighted by atomic mass is 19.1. The fourth-order valence-electron chi connectivity index (χ4n) is 3.76. The molecular formula is C22H19FO4. The highest BCUT2D eigenvalue weighted by Crippen LogP contribution is 2.49. The molecule has 2 atom stereocenters. The number of phenolic OH excluding ortho intramolecular Hbond substituents is 3. The van der Waals surface area contributed by atoms with Crippen LogP contribution in [0, 0.1) is 12.7 Å². The topological polar surface area (TPSA) is 69.9 Å². The molecule has 0 fully saturated rings. The number of ether oxygens (including phenoxy) is 1. The lowest BCUT2D eigenvalue weighted by molar-refractivity contribution is 0.245. The molecule has 0 saturated carbocycles. The lowest BCUT2D eigenvalue weighted by Crippen LogP contribution is -2.26. The van der Waals surface area contributed by atoms with Crippen LogP contribution in [-0.4, -0.2) is 21.9 Å². The number of fused-ring (bicyclic) bond motifs is 1. The van der Waals surface area contributed by atoms with Crippen molar-refractivity contribution in [2.45, 2.75) is 18.8 Å². The summed E-state index contributed by atoms with van der Waals surface area (Å²) in [6, 6.07) is 14.7. The summed E-state index contributed by atoms with van der Waals surface area (Å²) >= 11 is 0. The fraction of sp³-hybridized carbons (Fsp3) is 0.182. The predicted octanol–water partition coefficient (Wildman–Crippen LogP) is 4.56. The first-order chi connectivity index (χ1) is 13.0. The molecule has 138 valence electrons. The summed E-state index contributed by atoms with van der Waals surface area (Å²) in [5.41, 5.74) is 3.14. The summed E-state index contributed by atoms with van der Waals surface area (Å²) in [6.45, 7) is 2.12. The van der Waals surface area contributed by atoms with Gasteiger partial charge in [-0.2, -0.15) is 0 Å². The lowest BCUT2D eigenvalue weighted by atomic mass is 9.75. The number of hydrogen-bond donors (Lipinski definition) is 3. The van der Waals surface area contributed by atoms with Crippen molar-refractivity contribution >= 4 is 0 Å². The molecule has 3 aromatic rings. The first-order valence-corrected chi connectivity index (χ1v) is 8.68. The van der Waals surface area contributed by atoms with Crippen molar-refractivity contribution in [1.82, 2.24) is 0 Å². The summed E-state index contributed by atoms with van der Waals surface area (Å²) in [5.74, 6) is -0.506. The Balaban J connectivity index is 1.90. The van der Waals surface area contributed by atoms with Crippen molar-refractivity contribution in [3.63, 3.8) is 0 Å². The molecule has 0 spiro atoms. The van der Waals surface area contributed by atoms with Gasteiger partial charge in [-0.15, -0.1) is 0 Å². The highest BCUT2D eigenvalue weighted by Gasteiger charge is 2.35. The van der Waals surface area contributed by atoms with E-state index in [9.17, 15) is 19.7 Å². The molecule has 0 aliphatic carbocycles.